The number of hydrogen-bond acceptors (Lipinski definition) is 6. The largest absolute Gasteiger partial charge is 0.381 e. The lowest BCUT2D eigenvalue weighted by atomic mass is 10.2. The normalized spacial score (nSPS) is 21.5. The average Bonchev–Trinajstić information content (AvgIpc) is 2.93. The standard InChI is InChI=1S/C15H25N3O3S/c1-5-17(8-11(2)3)12-6-7-18(15(19)16-12)13-10-22-14(21-13)9-20-4/h6-7,11,13-14H,5,8-10H2,1-4H3/t13-,14+/m0/s1. The molecule has 1 aliphatic rings. The quantitative estimate of drug-likeness (QED) is 0.763. The minimum absolute atomic E-state index is 0.0188. The summed E-state index contributed by atoms with van der Waals surface area (Å²) in [5, 5.41) is 0. The van der Waals surface area contributed by atoms with Crippen LogP contribution in [-0.4, -0.2) is 47.5 Å². The van der Waals surface area contributed by atoms with E-state index in [1.807, 2.05) is 6.07 Å². The van der Waals surface area contributed by atoms with Gasteiger partial charge in [-0.15, -0.1) is 11.8 Å². The maximum absolute atomic E-state index is 12.3. The number of hydrogen-bond donors (Lipinski definition) is 0. The second-order valence-corrected chi connectivity index (χ2v) is 6.91. The van der Waals surface area contributed by atoms with Crippen LogP contribution >= 0.6 is 11.8 Å². The summed E-state index contributed by atoms with van der Waals surface area (Å²) in [6.07, 6.45) is 1.52. The Morgan fingerprint density at radius 1 is 1.59 bits per heavy atom. The van der Waals surface area contributed by atoms with Gasteiger partial charge in [0.1, 0.15) is 17.5 Å². The van der Waals surface area contributed by atoms with Crippen molar-refractivity contribution >= 4 is 17.6 Å². The smallest absolute Gasteiger partial charge is 0.351 e. The number of methoxy groups -OCH3 is 1. The fourth-order valence-electron chi connectivity index (χ4n) is 2.44. The fraction of sp³-hybridized carbons (Fsp3) is 0.733. The summed E-state index contributed by atoms with van der Waals surface area (Å²) < 4.78 is 12.5. The molecule has 1 aliphatic heterocycles. The first-order valence-electron chi connectivity index (χ1n) is 7.65. The van der Waals surface area contributed by atoms with Gasteiger partial charge in [0, 0.05) is 32.1 Å². The van der Waals surface area contributed by atoms with Crippen LogP contribution in [0.2, 0.25) is 0 Å². The summed E-state index contributed by atoms with van der Waals surface area (Å²) in [7, 11) is 1.65. The first-order chi connectivity index (χ1) is 10.5. The molecule has 1 aromatic heterocycles. The first-order valence-corrected chi connectivity index (χ1v) is 8.70. The zero-order valence-corrected chi connectivity index (χ0v) is 14.5. The summed E-state index contributed by atoms with van der Waals surface area (Å²) in [6.45, 7) is 8.63. The van der Waals surface area contributed by atoms with E-state index < -0.39 is 0 Å². The zero-order valence-electron chi connectivity index (χ0n) is 13.7. The predicted molar refractivity (Wildman–Crippen MR) is 89.5 cm³/mol. The van der Waals surface area contributed by atoms with E-state index >= 15 is 0 Å². The van der Waals surface area contributed by atoms with Crippen LogP contribution in [0.15, 0.2) is 17.1 Å². The summed E-state index contributed by atoms with van der Waals surface area (Å²) in [5.41, 5.74) is -0.280. The van der Waals surface area contributed by atoms with E-state index in [1.54, 1.807) is 29.6 Å². The molecule has 22 heavy (non-hydrogen) atoms. The maximum Gasteiger partial charge on any atom is 0.351 e. The molecule has 1 aromatic rings. The van der Waals surface area contributed by atoms with E-state index in [9.17, 15) is 4.79 Å². The van der Waals surface area contributed by atoms with Gasteiger partial charge in [-0.1, -0.05) is 13.8 Å². The van der Waals surface area contributed by atoms with Gasteiger partial charge in [-0.25, -0.2) is 4.79 Å². The maximum atomic E-state index is 12.3. The number of aromatic nitrogens is 2. The summed E-state index contributed by atoms with van der Waals surface area (Å²) in [4.78, 5) is 18.6. The van der Waals surface area contributed by atoms with Gasteiger partial charge in [-0.2, -0.15) is 4.98 Å². The van der Waals surface area contributed by atoms with Crippen LogP contribution < -0.4 is 10.6 Å². The molecule has 1 saturated heterocycles. The molecule has 124 valence electrons. The third kappa shape index (κ3) is 4.24. The van der Waals surface area contributed by atoms with E-state index in [2.05, 4.69) is 30.7 Å². The zero-order chi connectivity index (χ0) is 16.1. The molecule has 2 heterocycles. The summed E-state index contributed by atoms with van der Waals surface area (Å²) >= 11 is 1.66. The lowest BCUT2D eigenvalue weighted by Gasteiger charge is -2.24. The molecule has 0 radical (unpaired) electrons. The van der Waals surface area contributed by atoms with Crippen LogP contribution in [0, 0.1) is 5.92 Å². The van der Waals surface area contributed by atoms with Crippen LogP contribution in [-0.2, 0) is 9.47 Å². The highest BCUT2D eigenvalue weighted by molar-refractivity contribution is 8.00. The van der Waals surface area contributed by atoms with Gasteiger partial charge in [0.15, 0.2) is 0 Å². The molecule has 0 amide bonds. The van der Waals surface area contributed by atoms with Crippen molar-refractivity contribution in [2.45, 2.75) is 32.4 Å². The molecule has 0 spiro atoms. The molecule has 1 fully saturated rings. The van der Waals surface area contributed by atoms with Gasteiger partial charge in [0.25, 0.3) is 0 Å². The van der Waals surface area contributed by atoms with Crippen molar-refractivity contribution < 1.29 is 9.47 Å². The highest BCUT2D eigenvalue weighted by Crippen LogP contribution is 2.31. The van der Waals surface area contributed by atoms with Crippen LogP contribution in [0.5, 0.6) is 0 Å². The average molecular weight is 327 g/mol. The Labute approximate surface area is 135 Å². The molecule has 0 saturated carbocycles. The highest BCUT2D eigenvalue weighted by atomic mass is 32.2. The van der Waals surface area contributed by atoms with Crippen LogP contribution in [0.25, 0.3) is 0 Å². The molecule has 7 heteroatoms. The molecular formula is C15H25N3O3S. The van der Waals surface area contributed by atoms with Crippen molar-refractivity contribution in [1.82, 2.24) is 9.55 Å². The van der Waals surface area contributed by atoms with Crippen molar-refractivity contribution in [3.05, 3.63) is 22.7 Å². The van der Waals surface area contributed by atoms with E-state index in [4.69, 9.17) is 9.47 Å². The van der Waals surface area contributed by atoms with Crippen molar-refractivity contribution in [2.24, 2.45) is 5.92 Å². The number of nitrogens with zero attached hydrogens (tertiary/aromatic N) is 3. The van der Waals surface area contributed by atoms with Crippen LogP contribution in [0.4, 0.5) is 5.82 Å². The lowest BCUT2D eigenvalue weighted by Crippen LogP contribution is -2.33. The Hall–Kier alpha value is -1.05. The Morgan fingerprint density at radius 2 is 2.36 bits per heavy atom. The minimum atomic E-state index is -0.264. The predicted octanol–water partition coefficient (Wildman–Crippen LogP) is 1.96. The Morgan fingerprint density at radius 3 is 2.95 bits per heavy atom. The van der Waals surface area contributed by atoms with Gasteiger partial charge >= 0.3 is 5.69 Å². The summed E-state index contributed by atoms with van der Waals surface area (Å²) in [5.74, 6) is 1.99. The molecule has 0 aromatic carbocycles. The third-order valence-corrected chi connectivity index (χ3v) is 4.55. The van der Waals surface area contributed by atoms with Crippen molar-refractivity contribution in [3.63, 3.8) is 0 Å². The van der Waals surface area contributed by atoms with E-state index in [0.717, 1.165) is 24.7 Å². The van der Waals surface area contributed by atoms with Crippen LogP contribution in [0.3, 0.4) is 0 Å². The lowest BCUT2D eigenvalue weighted by molar-refractivity contribution is -0.0152. The molecule has 6 nitrogen and oxygen atoms in total. The molecule has 0 aliphatic carbocycles. The van der Waals surface area contributed by atoms with Gasteiger partial charge in [-0.3, -0.25) is 4.57 Å². The molecule has 0 N–H and O–H groups in total. The summed E-state index contributed by atoms with van der Waals surface area (Å²) in [6, 6.07) is 1.89. The first kappa shape index (κ1) is 17.3. The monoisotopic (exact) mass is 327 g/mol. The van der Waals surface area contributed by atoms with Gasteiger partial charge in [0.2, 0.25) is 0 Å². The molecular weight excluding hydrogens is 302 g/mol. The second kappa shape index (κ2) is 7.99. The van der Waals surface area contributed by atoms with E-state index in [0.29, 0.717) is 12.5 Å². The number of anilines is 1. The number of ether oxygens (including phenoxy) is 2. The third-order valence-electron chi connectivity index (χ3n) is 3.45. The second-order valence-electron chi connectivity index (χ2n) is 5.72. The van der Waals surface area contributed by atoms with Crippen molar-refractivity contribution in [2.75, 3.05) is 37.5 Å². The van der Waals surface area contributed by atoms with Crippen molar-refractivity contribution in [3.8, 4) is 0 Å². The molecule has 0 bridgehead atoms. The highest BCUT2D eigenvalue weighted by Gasteiger charge is 2.28. The SMILES string of the molecule is CCN(CC(C)C)c1ccn([C@@H]2CS[C@H](COC)O2)c(=O)n1. The molecule has 2 atom stereocenters. The molecule has 0 unspecified atom stereocenters. The fourth-order valence-corrected chi connectivity index (χ4v) is 3.49. The van der Waals surface area contributed by atoms with Gasteiger partial charge < -0.3 is 14.4 Å². The van der Waals surface area contributed by atoms with E-state index in [-0.39, 0.29) is 17.4 Å². The van der Waals surface area contributed by atoms with Gasteiger partial charge in [0.05, 0.1) is 6.61 Å². The van der Waals surface area contributed by atoms with Crippen LogP contribution in [0.1, 0.15) is 27.0 Å². The molecule has 2 rings (SSSR count). The van der Waals surface area contributed by atoms with Crippen molar-refractivity contribution in [1.29, 1.82) is 0 Å². The Bertz CT molecular complexity index is 535. The van der Waals surface area contributed by atoms with E-state index in [1.165, 1.54) is 0 Å². The van der Waals surface area contributed by atoms with Gasteiger partial charge in [-0.05, 0) is 18.9 Å². The number of thioether (sulfide) groups is 1. The minimum Gasteiger partial charge on any atom is -0.381 e. The topological polar surface area (TPSA) is 56.6 Å². The number of rotatable bonds is 7. The Balaban J connectivity index is 2.11. The Kier molecular flexibility index (Phi) is 6.28.